The van der Waals surface area contributed by atoms with Gasteiger partial charge in [0, 0.05) is 25.6 Å². The van der Waals surface area contributed by atoms with Crippen LogP contribution in [0.2, 0.25) is 0 Å². The fraction of sp³-hybridized carbons (Fsp3) is 0.579. The summed E-state index contributed by atoms with van der Waals surface area (Å²) >= 11 is 0. The Hall–Kier alpha value is -2.04. The molecule has 1 N–H and O–H groups in total. The molecule has 2 rings (SSSR count). The maximum Gasteiger partial charge on any atom is 0.226 e. The van der Waals surface area contributed by atoms with Crippen molar-refractivity contribution in [3.8, 4) is 5.75 Å². The van der Waals surface area contributed by atoms with Crippen molar-refractivity contribution in [1.29, 1.82) is 0 Å². The molecule has 2 amide bonds. The van der Waals surface area contributed by atoms with Crippen molar-refractivity contribution in [2.45, 2.75) is 51.5 Å². The fourth-order valence-corrected chi connectivity index (χ4v) is 2.98. The first-order valence-electron chi connectivity index (χ1n) is 8.82. The van der Waals surface area contributed by atoms with Gasteiger partial charge in [0.1, 0.15) is 5.75 Å². The van der Waals surface area contributed by atoms with Gasteiger partial charge >= 0.3 is 0 Å². The van der Waals surface area contributed by atoms with Crippen LogP contribution in [0.5, 0.6) is 5.75 Å². The lowest BCUT2D eigenvalue weighted by Gasteiger charge is -2.32. The number of nitrogens with zero attached hydrogens (tertiary/aromatic N) is 1. The summed E-state index contributed by atoms with van der Waals surface area (Å²) in [5, 5.41) is 3.08. The van der Waals surface area contributed by atoms with Gasteiger partial charge in [-0.2, -0.15) is 0 Å². The van der Waals surface area contributed by atoms with E-state index in [4.69, 9.17) is 4.74 Å². The maximum absolute atomic E-state index is 12.4. The SMILES string of the molecule is CCCCC(=O)NC1CCN(C(=O)Cc2cccc(OC)c2)CC1. The van der Waals surface area contributed by atoms with Crippen LogP contribution >= 0.6 is 0 Å². The maximum atomic E-state index is 12.4. The number of piperidine rings is 1. The predicted molar refractivity (Wildman–Crippen MR) is 94.0 cm³/mol. The molecule has 0 bridgehead atoms. The van der Waals surface area contributed by atoms with Crippen LogP contribution in [0.15, 0.2) is 24.3 Å². The first-order valence-corrected chi connectivity index (χ1v) is 8.82. The van der Waals surface area contributed by atoms with Crippen LogP contribution in [0.25, 0.3) is 0 Å². The van der Waals surface area contributed by atoms with Crippen molar-refractivity contribution in [3.63, 3.8) is 0 Å². The highest BCUT2D eigenvalue weighted by Gasteiger charge is 2.23. The second kappa shape index (κ2) is 9.30. The van der Waals surface area contributed by atoms with E-state index in [0.29, 0.717) is 25.9 Å². The highest BCUT2D eigenvalue weighted by molar-refractivity contribution is 5.79. The second-order valence-electron chi connectivity index (χ2n) is 6.35. The monoisotopic (exact) mass is 332 g/mol. The molecular weight excluding hydrogens is 304 g/mol. The number of nitrogens with one attached hydrogen (secondary N) is 1. The van der Waals surface area contributed by atoms with Crippen molar-refractivity contribution in [2.75, 3.05) is 20.2 Å². The molecular formula is C19H28N2O3. The normalized spacial score (nSPS) is 15.2. The summed E-state index contributed by atoms with van der Waals surface area (Å²) < 4.78 is 5.20. The van der Waals surface area contributed by atoms with Crippen LogP contribution in [0.4, 0.5) is 0 Å². The smallest absolute Gasteiger partial charge is 0.226 e. The van der Waals surface area contributed by atoms with E-state index in [1.165, 1.54) is 0 Å². The van der Waals surface area contributed by atoms with E-state index in [9.17, 15) is 9.59 Å². The van der Waals surface area contributed by atoms with E-state index in [0.717, 1.165) is 37.0 Å². The molecule has 1 fully saturated rings. The number of unbranched alkanes of at least 4 members (excludes halogenated alkanes) is 1. The molecule has 0 aliphatic carbocycles. The van der Waals surface area contributed by atoms with Gasteiger partial charge in [-0.15, -0.1) is 0 Å². The molecule has 1 aromatic carbocycles. The number of benzene rings is 1. The topological polar surface area (TPSA) is 58.6 Å². The van der Waals surface area contributed by atoms with Gasteiger partial charge in [-0.25, -0.2) is 0 Å². The Morgan fingerprint density at radius 2 is 2.04 bits per heavy atom. The lowest BCUT2D eigenvalue weighted by molar-refractivity contribution is -0.131. The molecule has 1 saturated heterocycles. The summed E-state index contributed by atoms with van der Waals surface area (Å²) in [4.78, 5) is 26.1. The van der Waals surface area contributed by atoms with E-state index in [2.05, 4.69) is 12.2 Å². The van der Waals surface area contributed by atoms with Gasteiger partial charge in [0.25, 0.3) is 0 Å². The molecule has 1 aliphatic rings. The second-order valence-corrected chi connectivity index (χ2v) is 6.35. The number of hydrogen-bond donors (Lipinski definition) is 1. The molecule has 0 saturated carbocycles. The molecule has 5 nitrogen and oxygen atoms in total. The average molecular weight is 332 g/mol. The Morgan fingerprint density at radius 1 is 1.29 bits per heavy atom. The standard InChI is InChI=1S/C19H28N2O3/c1-3-4-8-18(22)20-16-9-11-21(12-10-16)19(23)14-15-6-5-7-17(13-15)24-2/h5-7,13,16H,3-4,8-12,14H2,1-2H3,(H,20,22). The van der Waals surface area contributed by atoms with E-state index in [1.54, 1.807) is 7.11 Å². The Kier molecular flexibility index (Phi) is 7.09. The zero-order valence-corrected chi connectivity index (χ0v) is 14.7. The van der Waals surface area contributed by atoms with E-state index in [1.807, 2.05) is 29.2 Å². The molecule has 0 radical (unpaired) electrons. The Bertz CT molecular complexity index is 551. The van der Waals surface area contributed by atoms with Gasteiger partial charge in [-0.1, -0.05) is 25.5 Å². The molecule has 5 heteroatoms. The summed E-state index contributed by atoms with van der Waals surface area (Å²) in [6.45, 7) is 3.50. The number of carbonyl (C=O) groups is 2. The van der Waals surface area contributed by atoms with E-state index in [-0.39, 0.29) is 17.9 Å². The van der Waals surface area contributed by atoms with Crippen LogP contribution < -0.4 is 10.1 Å². The molecule has 24 heavy (non-hydrogen) atoms. The summed E-state index contributed by atoms with van der Waals surface area (Å²) in [5.74, 6) is 1.05. The minimum Gasteiger partial charge on any atom is -0.497 e. The molecule has 1 heterocycles. The van der Waals surface area contributed by atoms with Gasteiger partial charge in [0.15, 0.2) is 0 Å². The number of hydrogen-bond acceptors (Lipinski definition) is 3. The van der Waals surface area contributed by atoms with Crippen molar-refractivity contribution >= 4 is 11.8 Å². The minimum absolute atomic E-state index is 0.137. The highest BCUT2D eigenvalue weighted by atomic mass is 16.5. The third-order valence-corrected chi connectivity index (χ3v) is 4.46. The number of methoxy groups -OCH3 is 1. The molecule has 0 aromatic heterocycles. The first kappa shape index (κ1) is 18.3. The van der Waals surface area contributed by atoms with Crippen LogP contribution in [-0.4, -0.2) is 43.0 Å². The zero-order valence-electron chi connectivity index (χ0n) is 14.7. The third-order valence-electron chi connectivity index (χ3n) is 4.46. The lowest BCUT2D eigenvalue weighted by atomic mass is 10.0. The Morgan fingerprint density at radius 3 is 2.71 bits per heavy atom. The van der Waals surface area contributed by atoms with Crippen LogP contribution in [0.1, 0.15) is 44.6 Å². The van der Waals surface area contributed by atoms with Crippen molar-refractivity contribution < 1.29 is 14.3 Å². The van der Waals surface area contributed by atoms with Crippen molar-refractivity contribution in [1.82, 2.24) is 10.2 Å². The van der Waals surface area contributed by atoms with Gasteiger partial charge in [0.2, 0.25) is 11.8 Å². The molecule has 0 unspecified atom stereocenters. The fourth-order valence-electron chi connectivity index (χ4n) is 2.98. The van der Waals surface area contributed by atoms with Crippen LogP contribution in [0, 0.1) is 0 Å². The van der Waals surface area contributed by atoms with Gasteiger partial charge < -0.3 is 15.0 Å². The van der Waals surface area contributed by atoms with Crippen LogP contribution in [-0.2, 0) is 16.0 Å². The quantitative estimate of drug-likeness (QED) is 0.835. The number of ether oxygens (including phenoxy) is 1. The highest BCUT2D eigenvalue weighted by Crippen LogP contribution is 2.16. The van der Waals surface area contributed by atoms with Gasteiger partial charge in [-0.05, 0) is 37.0 Å². The largest absolute Gasteiger partial charge is 0.497 e. The van der Waals surface area contributed by atoms with Crippen molar-refractivity contribution in [3.05, 3.63) is 29.8 Å². The Labute approximate surface area is 144 Å². The van der Waals surface area contributed by atoms with E-state index < -0.39 is 0 Å². The number of likely N-dealkylation sites (tertiary alicyclic amines) is 1. The van der Waals surface area contributed by atoms with Gasteiger partial charge in [-0.3, -0.25) is 9.59 Å². The lowest BCUT2D eigenvalue weighted by Crippen LogP contribution is -2.46. The third kappa shape index (κ3) is 5.55. The number of amides is 2. The van der Waals surface area contributed by atoms with E-state index >= 15 is 0 Å². The summed E-state index contributed by atoms with van der Waals surface area (Å²) in [7, 11) is 1.63. The van der Waals surface area contributed by atoms with Gasteiger partial charge in [0.05, 0.1) is 13.5 Å². The van der Waals surface area contributed by atoms with Crippen molar-refractivity contribution in [2.24, 2.45) is 0 Å². The number of rotatable bonds is 7. The van der Waals surface area contributed by atoms with Crippen LogP contribution in [0.3, 0.4) is 0 Å². The molecule has 1 aliphatic heterocycles. The number of carbonyl (C=O) groups excluding carboxylic acids is 2. The summed E-state index contributed by atoms with van der Waals surface area (Å²) in [5.41, 5.74) is 0.967. The molecule has 0 atom stereocenters. The molecule has 0 spiro atoms. The zero-order chi connectivity index (χ0) is 17.4. The first-order chi connectivity index (χ1) is 11.6. The Balaban J connectivity index is 1.77. The average Bonchev–Trinajstić information content (AvgIpc) is 2.60. The molecule has 132 valence electrons. The predicted octanol–water partition coefficient (Wildman–Crippen LogP) is 2.54. The minimum atomic E-state index is 0.137. The molecule has 1 aromatic rings. The summed E-state index contributed by atoms with van der Waals surface area (Å²) in [6.07, 6.45) is 4.63. The summed E-state index contributed by atoms with van der Waals surface area (Å²) in [6, 6.07) is 7.83.